The van der Waals surface area contributed by atoms with E-state index in [2.05, 4.69) is 10.4 Å². The van der Waals surface area contributed by atoms with E-state index in [9.17, 15) is 14.4 Å². The minimum Gasteiger partial charge on any atom is -0.461 e. The molecule has 0 spiro atoms. The third-order valence-electron chi connectivity index (χ3n) is 5.56. The van der Waals surface area contributed by atoms with Gasteiger partial charge >= 0.3 is 5.97 Å². The van der Waals surface area contributed by atoms with E-state index in [0.29, 0.717) is 22.5 Å². The Bertz CT molecular complexity index is 1390. The van der Waals surface area contributed by atoms with Crippen LogP contribution in [0.1, 0.15) is 47.8 Å². The van der Waals surface area contributed by atoms with Crippen molar-refractivity contribution in [2.45, 2.75) is 33.1 Å². The van der Waals surface area contributed by atoms with E-state index in [-0.39, 0.29) is 29.5 Å². The Morgan fingerprint density at radius 3 is 2.44 bits per heavy atom. The highest BCUT2D eigenvalue weighted by Gasteiger charge is 2.25. The molecule has 1 unspecified atom stereocenters. The zero-order chi connectivity index (χ0) is 24.2. The van der Waals surface area contributed by atoms with Crippen molar-refractivity contribution in [2.24, 2.45) is 0 Å². The Hall–Kier alpha value is -3.78. The molecule has 4 aromatic rings. The summed E-state index contributed by atoms with van der Waals surface area (Å²) in [6, 6.07) is 16.8. The molecule has 4 rings (SSSR count). The first kappa shape index (κ1) is 23.4. The van der Waals surface area contributed by atoms with Gasteiger partial charge in [0.05, 0.1) is 23.6 Å². The van der Waals surface area contributed by atoms with Gasteiger partial charge in [-0.2, -0.15) is 9.78 Å². The van der Waals surface area contributed by atoms with Gasteiger partial charge in [0.15, 0.2) is 5.69 Å². The monoisotopic (exact) mass is 475 g/mol. The molecular weight excluding hydrogens is 450 g/mol. The van der Waals surface area contributed by atoms with E-state index in [0.717, 1.165) is 11.1 Å². The maximum absolute atomic E-state index is 13.5. The summed E-state index contributed by atoms with van der Waals surface area (Å²) in [6.45, 7) is 5.76. The maximum Gasteiger partial charge on any atom is 0.359 e. The number of nitrogens with one attached hydrogen (secondary N) is 1. The zero-order valence-corrected chi connectivity index (χ0v) is 20.0. The number of nitrogens with zero attached hydrogens (tertiary/aromatic N) is 2. The quantitative estimate of drug-likeness (QED) is 0.377. The van der Waals surface area contributed by atoms with E-state index < -0.39 is 11.5 Å². The number of hydrogen-bond acceptors (Lipinski definition) is 6. The average Bonchev–Trinajstić information content (AvgIpc) is 3.25. The van der Waals surface area contributed by atoms with Crippen LogP contribution >= 0.6 is 11.3 Å². The number of ether oxygens (including phenoxy) is 1. The minimum absolute atomic E-state index is 0.0314. The second kappa shape index (κ2) is 10.0. The molecule has 7 nitrogen and oxygen atoms in total. The summed E-state index contributed by atoms with van der Waals surface area (Å²) in [5.41, 5.74) is 2.05. The average molecular weight is 476 g/mol. The van der Waals surface area contributed by atoms with Crippen LogP contribution in [0.4, 0.5) is 5.00 Å². The van der Waals surface area contributed by atoms with Crippen LogP contribution in [0, 0.1) is 6.92 Å². The van der Waals surface area contributed by atoms with Crippen molar-refractivity contribution in [2.75, 3.05) is 11.9 Å². The van der Waals surface area contributed by atoms with E-state index >= 15 is 0 Å². The normalized spacial score (nSPS) is 11.9. The fourth-order valence-corrected chi connectivity index (χ4v) is 4.75. The lowest BCUT2D eigenvalue weighted by Crippen LogP contribution is -2.26. The number of fused-ring (bicyclic) bond motifs is 1. The van der Waals surface area contributed by atoms with Crippen molar-refractivity contribution in [3.05, 3.63) is 87.2 Å². The van der Waals surface area contributed by atoms with Gasteiger partial charge < -0.3 is 10.1 Å². The molecule has 0 fully saturated rings. The molecule has 34 heavy (non-hydrogen) atoms. The molecule has 0 aliphatic carbocycles. The highest BCUT2D eigenvalue weighted by molar-refractivity contribution is 7.16. The first-order valence-corrected chi connectivity index (χ1v) is 12.0. The predicted octanol–water partition coefficient (Wildman–Crippen LogP) is 5.06. The second-order valence-corrected chi connectivity index (χ2v) is 8.72. The van der Waals surface area contributed by atoms with E-state index in [1.807, 2.05) is 56.3 Å². The Balaban J connectivity index is 1.84. The third-order valence-corrected chi connectivity index (χ3v) is 6.46. The topological polar surface area (TPSA) is 90.3 Å². The van der Waals surface area contributed by atoms with Crippen LogP contribution in [0.15, 0.2) is 64.8 Å². The van der Waals surface area contributed by atoms with Crippen molar-refractivity contribution in [3.8, 4) is 5.69 Å². The summed E-state index contributed by atoms with van der Waals surface area (Å²) in [7, 11) is 0. The van der Waals surface area contributed by atoms with Crippen LogP contribution in [0.5, 0.6) is 0 Å². The fourth-order valence-electron chi connectivity index (χ4n) is 3.81. The molecule has 0 bridgehead atoms. The number of anilines is 1. The molecular formula is C26H25N3O4S. The molecule has 0 aliphatic rings. The Labute approximate surface area is 201 Å². The molecule has 2 heterocycles. The van der Waals surface area contributed by atoms with Gasteiger partial charge in [-0.3, -0.25) is 9.59 Å². The third kappa shape index (κ3) is 4.49. The number of carbonyl (C=O) groups is 2. The second-order valence-electron chi connectivity index (χ2n) is 7.84. The lowest BCUT2D eigenvalue weighted by atomic mass is 9.96. The van der Waals surface area contributed by atoms with Crippen molar-refractivity contribution in [1.82, 2.24) is 9.78 Å². The number of carbonyl (C=O) groups excluding carboxylic acids is 2. The summed E-state index contributed by atoms with van der Waals surface area (Å²) >= 11 is 1.19. The van der Waals surface area contributed by atoms with Crippen LogP contribution < -0.4 is 10.9 Å². The summed E-state index contributed by atoms with van der Waals surface area (Å²) in [5, 5.41) is 9.90. The lowest BCUT2D eigenvalue weighted by Gasteiger charge is -2.15. The van der Waals surface area contributed by atoms with Crippen LogP contribution in [-0.4, -0.2) is 28.3 Å². The number of hydrogen-bond donors (Lipinski definition) is 1. The minimum atomic E-state index is -0.625. The van der Waals surface area contributed by atoms with Crippen LogP contribution in [0.25, 0.3) is 16.5 Å². The van der Waals surface area contributed by atoms with Crippen LogP contribution in [-0.2, 0) is 9.53 Å². The van der Waals surface area contributed by atoms with Crippen LogP contribution in [0.3, 0.4) is 0 Å². The number of esters is 1. The molecule has 1 N–H and O–H groups in total. The zero-order valence-electron chi connectivity index (χ0n) is 19.2. The first-order valence-electron chi connectivity index (χ1n) is 11.1. The smallest absolute Gasteiger partial charge is 0.359 e. The van der Waals surface area contributed by atoms with Gasteiger partial charge in [-0.05, 0) is 38.0 Å². The van der Waals surface area contributed by atoms with Crippen molar-refractivity contribution in [1.29, 1.82) is 0 Å². The van der Waals surface area contributed by atoms with Gasteiger partial charge in [0.25, 0.3) is 5.56 Å². The molecule has 2 aromatic heterocycles. The highest BCUT2D eigenvalue weighted by atomic mass is 32.1. The number of aromatic nitrogens is 2. The van der Waals surface area contributed by atoms with Gasteiger partial charge in [0.2, 0.25) is 5.91 Å². The van der Waals surface area contributed by atoms with Crippen molar-refractivity contribution < 1.29 is 14.3 Å². The standard InChI is InChI=1S/C26H25N3O4S/c1-4-19(17-9-7-6-8-10-17)23(30)27-24-21-20(15-34-24)22(26(32)33-5-2)28-29(25(21)31)18-13-11-16(3)12-14-18/h6-15,19H,4-5H2,1-3H3,(H,27,30). The largest absolute Gasteiger partial charge is 0.461 e. The molecule has 0 radical (unpaired) electrons. The number of amides is 1. The van der Waals surface area contributed by atoms with Gasteiger partial charge in [0, 0.05) is 10.8 Å². The molecule has 0 saturated heterocycles. The Morgan fingerprint density at radius 2 is 1.79 bits per heavy atom. The molecule has 0 saturated carbocycles. The number of benzene rings is 2. The Morgan fingerprint density at radius 1 is 1.09 bits per heavy atom. The van der Waals surface area contributed by atoms with Gasteiger partial charge in [0.1, 0.15) is 5.00 Å². The van der Waals surface area contributed by atoms with Crippen LogP contribution in [0.2, 0.25) is 0 Å². The first-order chi connectivity index (χ1) is 16.4. The van der Waals surface area contributed by atoms with E-state index in [4.69, 9.17) is 4.74 Å². The van der Waals surface area contributed by atoms with Gasteiger partial charge in [-0.1, -0.05) is 55.0 Å². The number of thiophene rings is 1. The SMILES string of the molecule is CCOC(=O)c1nn(-c2ccc(C)cc2)c(=O)c2c(NC(=O)C(CC)c3ccccc3)scc12. The maximum atomic E-state index is 13.5. The van der Waals surface area contributed by atoms with E-state index in [1.165, 1.54) is 16.0 Å². The molecule has 2 aromatic carbocycles. The van der Waals surface area contributed by atoms with E-state index in [1.54, 1.807) is 24.4 Å². The molecule has 1 atom stereocenters. The predicted molar refractivity (Wildman–Crippen MR) is 134 cm³/mol. The van der Waals surface area contributed by atoms with Gasteiger partial charge in [-0.15, -0.1) is 11.3 Å². The number of aryl methyl sites for hydroxylation is 1. The fraction of sp³-hybridized carbons (Fsp3) is 0.231. The summed E-state index contributed by atoms with van der Waals surface area (Å²) < 4.78 is 6.38. The summed E-state index contributed by atoms with van der Waals surface area (Å²) in [4.78, 5) is 39.4. The number of rotatable bonds is 7. The Kier molecular flexibility index (Phi) is 6.88. The lowest BCUT2D eigenvalue weighted by molar-refractivity contribution is -0.117. The molecule has 1 amide bonds. The highest BCUT2D eigenvalue weighted by Crippen LogP contribution is 2.32. The molecule has 8 heteroatoms. The summed E-state index contributed by atoms with van der Waals surface area (Å²) in [6.07, 6.45) is 0.600. The van der Waals surface area contributed by atoms with Gasteiger partial charge in [-0.25, -0.2) is 4.79 Å². The summed E-state index contributed by atoms with van der Waals surface area (Å²) in [5.74, 6) is -1.21. The molecule has 174 valence electrons. The van der Waals surface area contributed by atoms with Crippen molar-refractivity contribution in [3.63, 3.8) is 0 Å². The van der Waals surface area contributed by atoms with Crippen molar-refractivity contribution >= 4 is 39.0 Å². The molecule has 0 aliphatic heterocycles.